The van der Waals surface area contributed by atoms with E-state index in [0.717, 1.165) is 12.0 Å². The maximum absolute atomic E-state index is 3.24. The first-order valence-corrected chi connectivity index (χ1v) is 3.05. The van der Waals surface area contributed by atoms with Crippen molar-refractivity contribution in [2.45, 2.75) is 25.8 Å². The molecule has 1 heteroatoms. The summed E-state index contributed by atoms with van der Waals surface area (Å²) in [6, 6.07) is 0.866. The second kappa shape index (κ2) is 1.83. The van der Waals surface area contributed by atoms with Crippen LogP contribution in [0.15, 0.2) is 0 Å². The van der Waals surface area contributed by atoms with Gasteiger partial charge in [-0.05, 0) is 19.4 Å². The van der Waals surface area contributed by atoms with Gasteiger partial charge in [-0.3, -0.25) is 0 Å². The highest BCUT2D eigenvalue weighted by molar-refractivity contribution is 4.90. The Balaban J connectivity index is 2.06. The molecule has 0 radical (unpaired) electrons. The molecule has 1 nitrogen and oxygen atoms in total. The van der Waals surface area contributed by atoms with Gasteiger partial charge in [0.15, 0.2) is 0 Å². The summed E-state index contributed by atoms with van der Waals surface area (Å²) in [7, 11) is 2.04. The zero-order valence-corrected chi connectivity index (χ0v) is 5.07. The van der Waals surface area contributed by atoms with Crippen molar-refractivity contribution in [3.63, 3.8) is 0 Å². The maximum Gasteiger partial charge on any atom is 0.00960 e. The monoisotopic (exact) mass is 99.1 g/mol. The molecule has 0 aromatic rings. The molecule has 0 bridgehead atoms. The summed E-state index contributed by atoms with van der Waals surface area (Å²) in [5.74, 6) is 1.00. The molecule has 0 spiro atoms. The van der Waals surface area contributed by atoms with Crippen LogP contribution in [0.5, 0.6) is 0 Å². The molecule has 1 fully saturated rings. The summed E-state index contributed by atoms with van der Waals surface area (Å²) in [4.78, 5) is 0. The minimum absolute atomic E-state index is 0.866. The van der Waals surface area contributed by atoms with Gasteiger partial charge < -0.3 is 5.32 Å². The minimum atomic E-state index is 0.866. The van der Waals surface area contributed by atoms with Crippen LogP contribution in [-0.4, -0.2) is 13.1 Å². The third-order valence-electron chi connectivity index (χ3n) is 1.82. The Morgan fingerprint density at radius 1 is 1.71 bits per heavy atom. The van der Waals surface area contributed by atoms with Crippen LogP contribution in [0.25, 0.3) is 0 Å². The molecule has 2 atom stereocenters. The van der Waals surface area contributed by atoms with E-state index in [4.69, 9.17) is 0 Å². The van der Waals surface area contributed by atoms with E-state index in [2.05, 4.69) is 12.2 Å². The Morgan fingerprint density at radius 3 is 2.57 bits per heavy atom. The highest BCUT2D eigenvalue weighted by atomic mass is 14.9. The van der Waals surface area contributed by atoms with Gasteiger partial charge in [0.25, 0.3) is 0 Å². The first-order chi connectivity index (χ1) is 3.38. The summed E-state index contributed by atoms with van der Waals surface area (Å²) < 4.78 is 0. The summed E-state index contributed by atoms with van der Waals surface area (Å²) in [6.45, 7) is 2.25. The number of hydrogen-bond donors (Lipinski definition) is 1. The Labute approximate surface area is 45.1 Å². The second-order valence-electron chi connectivity index (χ2n) is 2.30. The quantitative estimate of drug-likeness (QED) is 0.544. The van der Waals surface area contributed by atoms with E-state index in [1.54, 1.807) is 0 Å². The first-order valence-electron chi connectivity index (χ1n) is 3.05. The second-order valence-corrected chi connectivity index (χ2v) is 2.30. The molecule has 1 aliphatic carbocycles. The van der Waals surface area contributed by atoms with Gasteiger partial charge in [0, 0.05) is 6.04 Å². The summed E-state index contributed by atoms with van der Waals surface area (Å²) in [5, 5.41) is 3.24. The molecule has 0 saturated heterocycles. The van der Waals surface area contributed by atoms with Gasteiger partial charge in [0.05, 0.1) is 0 Å². The molecule has 0 heterocycles. The SMILES string of the molecule is CC[C@H]1C[C@H]1NC. The first kappa shape index (κ1) is 5.10. The van der Waals surface area contributed by atoms with Crippen LogP contribution in [0.4, 0.5) is 0 Å². The Bertz CT molecular complexity index is 53.2. The van der Waals surface area contributed by atoms with Gasteiger partial charge in [0.1, 0.15) is 0 Å². The largest absolute Gasteiger partial charge is 0.317 e. The van der Waals surface area contributed by atoms with Crippen molar-refractivity contribution in [3.8, 4) is 0 Å². The lowest BCUT2D eigenvalue weighted by atomic mass is 10.3. The molecule has 7 heavy (non-hydrogen) atoms. The van der Waals surface area contributed by atoms with Crippen molar-refractivity contribution >= 4 is 0 Å². The van der Waals surface area contributed by atoms with Crippen molar-refractivity contribution in [2.24, 2.45) is 5.92 Å². The fraction of sp³-hybridized carbons (Fsp3) is 1.00. The number of nitrogens with one attached hydrogen (secondary N) is 1. The zero-order valence-electron chi connectivity index (χ0n) is 5.07. The molecule has 1 saturated carbocycles. The van der Waals surface area contributed by atoms with Gasteiger partial charge in [-0.25, -0.2) is 0 Å². The van der Waals surface area contributed by atoms with Crippen molar-refractivity contribution < 1.29 is 0 Å². The molecule has 0 aromatic heterocycles. The van der Waals surface area contributed by atoms with E-state index >= 15 is 0 Å². The average Bonchev–Trinajstić information content (AvgIpc) is 2.43. The van der Waals surface area contributed by atoms with Gasteiger partial charge >= 0.3 is 0 Å². The molecule has 42 valence electrons. The van der Waals surface area contributed by atoms with Gasteiger partial charge in [-0.2, -0.15) is 0 Å². The number of rotatable bonds is 2. The van der Waals surface area contributed by atoms with Gasteiger partial charge in [0.2, 0.25) is 0 Å². The fourth-order valence-electron chi connectivity index (χ4n) is 1.05. The minimum Gasteiger partial charge on any atom is -0.317 e. The van der Waals surface area contributed by atoms with Gasteiger partial charge in [-0.1, -0.05) is 13.3 Å². The van der Waals surface area contributed by atoms with Gasteiger partial charge in [-0.15, -0.1) is 0 Å². The molecule has 0 aliphatic heterocycles. The maximum atomic E-state index is 3.24. The van der Waals surface area contributed by atoms with Crippen LogP contribution in [-0.2, 0) is 0 Å². The van der Waals surface area contributed by atoms with Crippen molar-refractivity contribution in [1.82, 2.24) is 5.32 Å². The molecule has 0 aromatic carbocycles. The third-order valence-corrected chi connectivity index (χ3v) is 1.82. The average molecular weight is 99.2 g/mol. The van der Waals surface area contributed by atoms with Crippen LogP contribution in [0, 0.1) is 5.92 Å². The zero-order chi connectivity index (χ0) is 5.28. The highest BCUT2D eigenvalue weighted by Gasteiger charge is 2.33. The molecule has 1 aliphatic rings. The van der Waals surface area contributed by atoms with E-state index in [9.17, 15) is 0 Å². The molecule has 0 unspecified atom stereocenters. The molecular formula is C6H13N. The van der Waals surface area contributed by atoms with Crippen LogP contribution in [0.2, 0.25) is 0 Å². The van der Waals surface area contributed by atoms with Crippen molar-refractivity contribution in [3.05, 3.63) is 0 Å². The van der Waals surface area contributed by atoms with E-state index in [-0.39, 0.29) is 0 Å². The predicted molar refractivity (Wildman–Crippen MR) is 31.2 cm³/mol. The molecule has 1 rings (SSSR count). The van der Waals surface area contributed by atoms with Crippen molar-refractivity contribution in [2.75, 3.05) is 7.05 Å². The van der Waals surface area contributed by atoms with Crippen LogP contribution < -0.4 is 5.32 Å². The Morgan fingerprint density at radius 2 is 2.43 bits per heavy atom. The van der Waals surface area contributed by atoms with Crippen LogP contribution >= 0.6 is 0 Å². The van der Waals surface area contributed by atoms with E-state index in [1.807, 2.05) is 7.05 Å². The highest BCUT2D eigenvalue weighted by Crippen LogP contribution is 2.32. The Hall–Kier alpha value is -0.0400. The summed E-state index contributed by atoms with van der Waals surface area (Å²) >= 11 is 0. The molecule has 0 amide bonds. The topological polar surface area (TPSA) is 12.0 Å². The standard InChI is InChI=1S/C6H13N/c1-3-5-4-6(5)7-2/h5-7H,3-4H2,1-2H3/t5-,6+/m0/s1. The van der Waals surface area contributed by atoms with Crippen molar-refractivity contribution in [1.29, 1.82) is 0 Å². The van der Waals surface area contributed by atoms with E-state index < -0.39 is 0 Å². The third kappa shape index (κ3) is 0.942. The van der Waals surface area contributed by atoms with E-state index in [0.29, 0.717) is 0 Å². The van der Waals surface area contributed by atoms with E-state index in [1.165, 1.54) is 12.8 Å². The smallest absolute Gasteiger partial charge is 0.00960 e. The molecular weight excluding hydrogens is 86.1 g/mol. The Kier molecular flexibility index (Phi) is 1.33. The van der Waals surface area contributed by atoms with Crippen LogP contribution in [0.1, 0.15) is 19.8 Å². The lowest BCUT2D eigenvalue weighted by Crippen LogP contribution is -2.10. The normalized spacial score (nSPS) is 38.6. The van der Waals surface area contributed by atoms with Crippen LogP contribution in [0.3, 0.4) is 0 Å². The lowest BCUT2D eigenvalue weighted by Gasteiger charge is -1.89. The summed E-state index contributed by atoms with van der Waals surface area (Å²) in [6.07, 6.45) is 2.76. The fourth-order valence-corrected chi connectivity index (χ4v) is 1.05. The number of hydrogen-bond acceptors (Lipinski definition) is 1. The summed E-state index contributed by atoms with van der Waals surface area (Å²) in [5.41, 5.74) is 0. The lowest BCUT2D eigenvalue weighted by molar-refractivity contribution is 0.687. The molecule has 1 N–H and O–H groups in total. The predicted octanol–water partition coefficient (Wildman–Crippen LogP) is 1.00.